The summed E-state index contributed by atoms with van der Waals surface area (Å²) in [5.41, 5.74) is 2.26. The second-order valence-corrected chi connectivity index (χ2v) is 3.87. The van der Waals surface area contributed by atoms with E-state index in [0.717, 1.165) is 11.1 Å². The number of benzene rings is 1. The van der Waals surface area contributed by atoms with Gasteiger partial charge in [0.05, 0.1) is 0 Å². The molecule has 2 aromatic rings. The summed E-state index contributed by atoms with van der Waals surface area (Å²) >= 11 is 0. The average Bonchev–Trinajstić information content (AvgIpc) is 2.33. The van der Waals surface area contributed by atoms with Gasteiger partial charge in [0.25, 0.3) is 0 Å². The molecule has 1 amide bonds. The fraction of sp³-hybridized carbons (Fsp3) is 0.0769. The molecule has 5 heteroatoms. The molecule has 1 aromatic heterocycles. The topological polar surface area (TPSA) is 71.3 Å². The summed E-state index contributed by atoms with van der Waals surface area (Å²) in [6.07, 6.45) is 0.645. The molecule has 0 unspecified atom stereocenters. The maximum Gasteiger partial charge on any atom is 0.409 e. The highest BCUT2D eigenvalue weighted by molar-refractivity contribution is 5.83. The van der Waals surface area contributed by atoms with E-state index >= 15 is 0 Å². The second kappa shape index (κ2) is 4.75. The van der Waals surface area contributed by atoms with Gasteiger partial charge in [0.1, 0.15) is 0 Å². The van der Waals surface area contributed by atoms with E-state index in [2.05, 4.69) is 5.32 Å². The normalized spacial score (nSPS) is 10.1. The van der Waals surface area contributed by atoms with E-state index in [9.17, 15) is 9.59 Å². The molecule has 0 aliphatic heterocycles. The Morgan fingerprint density at radius 3 is 2.28 bits per heavy atom. The third-order valence-electron chi connectivity index (χ3n) is 2.56. The van der Waals surface area contributed by atoms with Crippen LogP contribution >= 0.6 is 0 Å². The Morgan fingerprint density at radius 1 is 1.11 bits per heavy atom. The zero-order valence-corrected chi connectivity index (χ0v) is 9.75. The summed E-state index contributed by atoms with van der Waals surface area (Å²) < 4.78 is 1.50. The van der Waals surface area contributed by atoms with Gasteiger partial charge in [-0.05, 0) is 29.3 Å². The zero-order valence-electron chi connectivity index (χ0n) is 9.75. The molecule has 1 aromatic carbocycles. The van der Waals surface area contributed by atoms with Gasteiger partial charge in [-0.15, -0.1) is 0 Å². The second-order valence-electron chi connectivity index (χ2n) is 3.87. The van der Waals surface area contributed by atoms with Crippen LogP contribution in [0.25, 0.3) is 11.1 Å². The number of pyridine rings is 1. The van der Waals surface area contributed by atoms with Gasteiger partial charge in [-0.1, -0.05) is 12.1 Å². The van der Waals surface area contributed by atoms with Crippen molar-refractivity contribution in [2.45, 2.75) is 0 Å². The summed E-state index contributed by atoms with van der Waals surface area (Å²) in [7, 11) is 1.69. The van der Waals surface area contributed by atoms with Crippen LogP contribution in [0.1, 0.15) is 0 Å². The molecule has 92 valence electrons. The quantitative estimate of drug-likeness (QED) is 0.850. The molecule has 0 atom stereocenters. The number of nitrogens with zero attached hydrogens (tertiary/aromatic N) is 1. The van der Waals surface area contributed by atoms with E-state index in [4.69, 9.17) is 5.11 Å². The number of hydrogen-bond acceptors (Lipinski definition) is 2. The predicted molar refractivity (Wildman–Crippen MR) is 68.8 cm³/mol. The molecule has 0 fully saturated rings. The lowest BCUT2D eigenvalue weighted by Gasteiger charge is -2.05. The largest absolute Gasteiger partial charge is 0.465 e. The number of aromatic nitrogens is 1. The van der Waals surface area contributed by atoms with Gasteiger partial charge in [0.2, 0.25) is 5.56 Å². The van der Waals surface area contributed by atoms with Crippen LogP contribution in [-0.2, 0) is 7.05 Å². The molecule has 0 aliphatic carbocycles. The number of hydrogen-bond donors (Lipinski definition) is 2. The highest BCUT2D eigenvalue weighted by Crippen LogP contribution is 2.20. The fourth-order valence-corrected chi connectivity index (χ4v) is 1.63. The van der Waals surface area contributed by atoms with E-state index in [0.29, 0.717) is 5.69 Å². The standard InChI is InChI=1S/C13H12N2O3/c1-15-8-10(4-7-12(15)16)9-2-5-11(6-3-9)14-13(17)18/h2-8,14H,1H3,(H,17,18). The molecule has 5 nitrogen and oxygen atoms in total. The molecule has 0 spiro atoms. The lowest BCUT2D eigenvalue weighted by atomic mass is 10.1. The van der Waals surface area contributed by atoms with Crippen molar-refractivity contribution in [1.29, 1.82) is 0 Å². The first kappa shape index (κ1) is 11.9. The van der Waals surface area contributed by atoms with E-state index in [1.54, 1.807) is 43.6 Å². The van der Waals surface area contributed by atoms with Crippen molar-refractivity contribution in [3.05, 3.63) is 52.9 Å². The Labute approximate surface area is 103 Å². The summed E-state index contributed by atoms with van der Waals surface area (Å²) in [6, 6.07) is 10.2. The van der Waals surface area contributed by atoms with E-state index < -0.39 is 6.09 Å². The maximum absolute atomic E-state index is 11.3. The number of carbonyl (C=O) groups is 1. The van der Waals surface area contributed by atoms with Crippen LogP contribution < -0.4 is 10.9 Å². The Bertz CT molecular complexity index is 629. The van der Waals surface area contributed by atoms with E-state index in [1.165, 1.54) is 10.6 Å². The van der Waals surface area contributed by atoms with Crippen molar-refractivity contribution >= 4 is 11.8 Å². The third-order valence-corrected chi connectivity index (χ3v) is 2.56. The van der Waals surface area contributed by atoms with Crippen molar-refractivity contribution < 1.29 is 9.90 Å². The molecule has 0 saturated heterocycles. The highest BCUT2D eigenvalue weighted by atomic mass is 16.4. The van der Waals surface area contributed by atoms with Crippen LogP contribution in [0.3, 0.4) is 0 Å². The first-order valence-corrected chi connectivity index (χ1v) is 5.33. The molecular weight excluding hydrogens is 232 g/mol. The van der Waals surface area contributed by atoms with Crippen molar-refractivity contribution in [2.75, 3.05) is 5.32 Å². The third kappa shape index (κ3) is 2.57. The van der Waals surface area contributed by atoms with E-state index in [-0.39, 0.29) is 5.56 Å². The van der Waals surface area contributed by atoms with Crippen molar-refractivity contribution in [3.8, 4) is 11.1 Å². The van der Waals surface area contributed by atoms with Crippen molar-refractivity contribution in [1.82, 2.24) is 4.57 Å². The zero-order chi connectivity index (χ0) is 13.1. The predicted octanol–water partition coefficient (Wildman–Crippen LogP) is 2.14. The summed E-state index contributed by atoms with van der Waals surface area (Å²) in [4.78, 5) is 21.7. The maximum atomic E-state index is 11.3. The summed E-state index contributed by atoms with van der Waals surface area (Å²) in [5, 5.41) is 10.8. The van der Waals surface area contributed by atoms with Crippen molar-refractivity contribution in [3.63, 3.8) is 0 Å². The summed E-state index contributed by atoms with van der Waals surface area (Å²) in [6.45, 7) is 0. The van der Waals surface area contributed by atoms with Crippen LogP contribution in [0.4, 0.5) is 10.5 Å². The Balaban J connectivity index is 2.31. The molecule has 18 heavy (non-hydrogen) atoms. The molecule has 0 radical (unpaired) electrons. The molecular formula is C13H12N2O3. The lowest BCUT2D eigenvalue weighted by Crippen LogP contribution is -2.13. The number of carboxylic acid groups (broad SMARTS) is 1. The molecule has 0 saturated carbocycles. The SMILES string of the molecule is Cn1cc(-c2ccc(NC(=O)O)cc2)ccc1=O. The molecule has 2 N–H and O–H groups in total. The number of amides is 1. The fourth-order valence-electron chi connectivity index (χ4n) is 1.63. The number of anilines is 1. The average molecular weight is 244 g/mol. The van der Waals surface area contributed by atoms with Gasteiger partial charge in [0, 0.05) is 25.0 Å². The first-order valence-electron chi connectivity index (χ1n) is 5.33. The lowest BCUT2D eigenvalue weighted by molar-refractivity contribution is 0.210. The first-order chi connectivity index (χ1) is 8.56. The van der Waals surface area contributed by atoms with Crippen LogP contribution in [0.5, 0.6) is 0 Å². The van der Waals surface area contributed by atoms with Gasteiger partial charge < -0.3 is 9.67 Å². The molecule has 0 bridgehead atoms. The van der Waals surface area contributed by atoms with Gasteiger partial charge in [-0.2, -0.15) is 0 Å². The Morgan fingerprint density at radius 2 is 1.72 bits per heavy atom. The number of nitrogens with one attached hydrogen (secondary N) is 1. The minimum Gasteiger partial charge on any atom is -0.465 e. The van der Waals surface area contributed by atoms with Gasteiger partial charge in [-0.25, -0.2) is 4.79 Å². The van der Waals surface area contributed by atoms with Gasteiger partial charge in [-0.3, -0.25) is 10.1 Å². The van der Waals surface area contributed by atoms with Crippen LogP contribution in [0.2, 0.25) is 0 Å². The minimum absolute atomic E-state index is 0.0667. The van der Waals surface area contributed by atoms with E-state index in [1.807, 2.05) is 0 Å². The Kier molecular flexibility index (Phi) is 3.14. The summed E-state index contributed by atoms with van der Waals surface area (Å²) in [5.74, 6) is 0. The van der Waals surface area contributed by atoms with Crippen molar-refractivity contribution in [2.24, 2.45) is 7.05 Å². The Hall–Kier alpha value is -2.56. The molecule has 2 rings (SSSR count). The smallest absolute Gasteiger partial charge is 0.409 e. The van der Waals surface area contributed by atoms with Crippen LogP contribution in [0, 0.1) is 0 Å². The monoisotopic (exact) mass is 244 g/mol. The molecule has 1 heterocycles. The number of rotatable bonds is 2. The number of aryl methyl sites for hydroxylation is 1. The minimum atomic E-state index is -1.09. The highest BCUT2D eigenvalue weighted by Gasteiger charge is 2.01. The molecule has 0 aliphatic rings. The van der Waals surface area contributed by atoms with Gasteiger partial charge in [0.15, 0.2) is 0 Å². The van der Waals surface area contributed by atoms with Gasteiger partial charge >= 0.3 is 6.09 Å². The van der Waals surface area contributed by atoms with Crippen LogP contribution in [0.15, 0.2) is 47.4 Å². The van der Waals surface area contributed by atoms with Crippen LogP contribution in [-0.4, -0.2) is 15.8 Å².